The van der Waals surface area contributed by atoms with Crippen molar-refractivity contribution < 1.29 is 8.78 Å². The minimum Gasteiger partial charge on any atom is -0.352 e. The lowest BCUT2D eigenvalue weighted by Crippen LogP contribution is -2.08. The van der Waals surface area contributed by atoms with Gasteiger partial charge in [-0.15, -0.1) is 0 Å². The number of hydrogen-bond donors (Lipinski definition) is 1. The molecule has 0 spiro atoms. The largest absolute Gasteiger partial charge is 0.352 e. The molecule has 0 amide bonds. The van der Waals surface area contributed by atoms with Crippen LogP contribution in [-0.2, 0) is 7.05 Å². The van der Waals surface area contributed by atoms with E-state index < -0.39 is 6.43 Å². The van der Waals surface area contributed by atoms with Crippen molar-refractivity contribution in [2.75, 3.05) is 22.9 Å². The first-order valence-electron chi connectivity index (χ1n) is 9.25. The van der Waals surface area contributed by atoms with Crippen molar-refractivity contribution in [1.82, 2.24) is 24.1 Å². The molecule has 32 heavy (non-hydrogen) atoms. The molecule has 168 valence electrons. The van der Waals surface area contributed by atoms with E-state index in [1.54, 1.807) is 22.7 Å². The number of pyridine rings is 1. The van der Waals surface area contributed by atoms with Gasteiger partial charge in [-0.3, -0.25) is 9.02 Å². The van der Waals surface area contributed by atoms with Gasteiger partial charge in [0.15, 0.2) is 11.5 Å². The van der Waals surface area contributed by atoms with Crippen molar-refractivity contribution in [3.8, 4) is 11.3 Å². The highest BCUT2D eigenvalue weighted by Crippen LogP contribution is 2.40. The van der Waals surface area contributed by atoms with Crippen LogP contribution in [-0.4, -0.2) is 37.4 Å². The monoisotopic (exact) mass is 607 g/mol. The first-order valence-corrected chi connectivity index (χ1v) is 14.9. The summed E-state index contributed by atoms with van der Waals surface area (Å²) in [5.74, 6) is -0.322. The Morgan fingerprint density at radius 2 is 2.00 bits per heavy atom. The molecule has 0 radical (unpaired) electrons. The number of imidazole rings is 1. The number of alkyl halides is 2. The third kappa shape index (κ3) is 4.52. The van der Waals surface area contributed by atoms with Gasteiger partial charge in [0.1, 0.15) is 10.7 Å². The predicted molar refractivity (Wildman–Crippen MR) is 139 cm³/mol. The molecule has 3 aromatic heterocycles. The van der Waals surface area contributed by atoms with Crippen LogP contribution in [0.3, 0.4) is 0 Å². The number of halogens is 4. The summed E-state index contributed by atoms with van der Waals surface area (Å²) in [5.41, 5.74) is 4.67. The van der Waals surface area contributed by atoms with Crippen molar-refractivity contribution in [2.24, 2.45) is 7.05 Å². The van der Waals surface area contributed by atoms with E-state index in [2.05, 4.69) is 20.4 Å². The Labute approximate surface area is 207 Å². The van der Waals surface area contributed by atoms with Gasteiger partial charge in [-0.25, -0.2) is 18.7 Å². The molecular weight excluding hydrogens is 590 g/mol. The van der Waals surface area contributed by atoms with Crippen LogP contribution in [0, 0.1) is 0 Å². The molecule has 0 aliphatic heterocycles. The van der Waals surface area contributed by atoms with E-state index in [4.69, 9.17) is 11.6 Å². The summed E-state index contributed by atoms with van der Waals surface area (Å²) in [6, 6.07) is 9.45. The van der Waals surface area contributed by atoms with Gasteiger partial charge in [-0.1, -0.05) is 29.6 Å². The van der Waals surface area contributed by atoms with Gasteiger partial charge in [0, 0.05) is 38.2 Å². The quantitative estimate of drug-likeness (QED) is 0.110. The van der Waals surface area contributed by atoms with Crippen LogP contribution in [0.4, 0.5) is 25.8 Å². The molecule has 0 saturated carbocycles. The molecule has 7 nitrogen and oxygen atoms in total. The predicted octanol–water partition coefficient (Wildman–Crippen LogP) is 6.67. The van der Waals surface area contributed by atoms with Crippen molar-refractivity contribution in [1.29, 1.82) is 0 Å². The maximum atomic E-state index is 13.6. The van der Waals surface area contributed by atoms with E-state index in [0.29, 0.717) is 16.9 Å². The molecule has 1 N–H and O–H groups in total. The number of nitrogens with zero attached hydrogens (tertiary/aromatic N) is 6. The third-order valence-electron chi connectivity index (χ3n) is 4.78. The lowest BCUT2D eigenvalue weighted by molar-refractivity contribution is 0.140. The summed E-state index contributed by atoms with van der Waals surface area (Å²) in [7, 11) is 3.82. The highest BCUT2D eigenvalue weighted by Gasteiger charge is 2.22. The van der Waals surface area contributed by atoms with Crippen molar-refractivity contribution >= 4 is 80.2 Å². The molecule has 0 aliphatic rings. The minimum atomic E-state index is -2.71. The fraction of sp³-hybridized carbons (Fsp3) is 0.211. The van der Waals surface area contributed by atoms with Crippen LogP contribution in [0.2, 0.25) is 5.15 Å². The van der Waals surface area contributed by atoms with Gasteiger partial charge < -0.3 is 9.62 Å². The van der Waals surface area contributed by atoms with E-state index in [0.717, 1.165) is 22.6 Å². The lowest BCUT2D eigenvalue weighted by Gasteiger charge is -2.21. The second-order valence-electron chi connectivity index (χ2n) is 6.77. The molecule has 0 fully saturated rings. The van der Waals surface area contributed by atoms with Crippen LogP contribution >= 0.6 is 52.0 Å². The summed E-state index contributed by atoms with van der Waals surface area (Å²) >= 11 is 9.81. The molecular formula is C19H18ClF2IN7PS. The van der Waals surface area contributed by atoms with E-state index in [9.17, 15) is 8.78 Å². The fourth-order valence-corrected chi connectivity index (χ4v) is 5.66. The maximum Gasteiger partial charge on any atom is 0.295 e. The molecule has 1 atom stereocenters. The van der Waals surface area contributed by atoms with Gasteiger partial charge in [0.25, 0.3) is 6.43 Å². The number of hydrogen-bond acceptors (Lipinski definition) is 6. The summed E-state index contributed by atoms with van der Waals surface area (Å²) in [6.07, 6.45) is 1.16. The molecule has 0 bridgehead atoms. The van der Waals surface area contributed by atoms with Gasteiger partial charge in [-0.2, -0.15) is 5.10 Å². The molecule has 0 saturated heterocycles. The van der Waals surface area contributed by atoms with Crippen molar-refractivity contribution in [3.63, 3.8) is 0 Å². The molecule has 13 heteroatoms. The standard InChI is InChI=1S/C19H18ClF2IN7PS/c1-28-7-6-11(27-28)10-4-5-12(14(8-10)29(2)32-3)24-13-9-15(20)25-18-16(13)26-19(17(21)22)30(18)31-23/h4-9,17,31H,1-3H3,(H,24,25). The van der Waals surface area contributed by atoms with Crippen molar-refractivity contribution in [2.45, 2.75) is 6.43 Å². The highest BCUT2D eigenvalue weighted by molar-refractivity contribution is 14.2. The zero-order valence-electron chi connectivity index (χ0n) is 17.1. The Kier molecular flexibility index (Phi) is 7.09. The second-order valence-corrected chi connectivity index (χ2v) is 10.1. The van der Waals surface area contributed by atoms with Crippen LogP contribution in [0.15, 0.2) is 36.5 Å². The van der Waals surface area contributed by atoms with Gasteiger partial charge in [0.05, 0.1) is 29.1 Å². The average molecular weight is 608 g/mol. The molecule has 1 aromatic carbocycles. The number of rotatable bonds is 7. The van der Waals surface area contributed by atoms with E-state index in [1.165, 1.54) is 4.34 Å². The summed E-state index contributed by atoms with van der Waals surface area (Å²) < 4.78 is 32.3. The number of benzene rings is 1. The smallest absolute Gasteiger partial charge is 0.295 e. The number of aryl methyl sites for hydroxylation is 1. The second kappa shape index (κ2) is 9.66. The van der Waals surface area contributed by atoms with Crippen molar-refractivity contribution in [3.05, 3.63) is 47.5 Å². The summed E-state index contributed by atoms with van der Waals surface area (Å²) in [5, 5.41) is 8.00. The third-order valence-corrected chi connectivity index (χ3v) is 7.77. The number of fused-ring (bicyclic) bond motifs is 1. The molecule has 3 heterocycles. The van der Waals surface area contributed by atoms with Crippen LogP contribution < -0.4 is 9.62 Å². The van der Waals surface area contributed by atoms with E-state index in [-0.39, 0.29) is 17.4 Å². The topological polar surface area (TPSA) is 63.8 Å². The zero-order chi connectivity index (χ0) is 23.0. The maximum absolute atomic E-state index is 13.6. The Morgan fingerprint density at radius 3 is 2.62 bits per heavy atom. The van der Waals surface area contributed by atoms with Crippen LogP contribution in [0.1, 0.15) is 12.2 Å². The molecule has 1 unspecified atom stereocenters. The molecule has 0 aliphatic carbocycles. The average Bonchev–Trinajstić information content (AvgIpc) is 3.37. The Bertz CT molecular complexity index is 1280. The van der Waals surface area contributed by atoms with Gasteiger partial charge >= 0.3 is 0 Å². The summed E-state index contributed by atoms with van der Waals surface area (Å²) in [4.78, 5) is 8.43. The summed E-state index contributed by atoms with van der Waals surface area (Å²) in [6.45, 7) is 0. The van der Waals surface area contributed by atoms with Gasteiger partial charge in [-0.05, 0) is 40.2 Å². The minimum absolute atomic E-state index is 0.0131. The molecule has 4 rings (SSSR count). The normalized spacial score (nSPS) is 11.9. The first-order chi connectivity index (χ1) is 15.3. The molecule has 4 aromatic rings. The number of aromatic nitrogens is 5. The van der Waals surface area contributed by atoms with E-state index >= 15 is 0 Å². The number of nitrogens with one attached hydrogen (secondary N) is 1. The fourth-order valence-electron chi connectivity index (χ4n) is 3.23. The number of anilines is 3. The zero-order valence-corrected chi connectivity index (χ0v) is 21.9. The highest BCUT2D eigenvalue weighted by atomic mass is 127. The van der Waals surface area contributed by atoms with E-state index in [1.807, 2.05) is 77.2 Å². The first kappa shape index (κ1) is 23.5. The Balaban J connectivity index is 1.83. The Morgan fingerprint density at radius 1 is 1.22 bits per heavy atom. The van der Waals surface area contributed by atoms with Crippen LogP contribution in [0.5, 0.6) is 0 Å². The lowest BCUT2D eigenvalue weighted by atomic mass is 10.1. The van der Waals surface area contributed by atoms with Crippen LogP contribution in [0.25, 0.3) is 22.4 Å². The van der Waals surface area contributed by atoms with Gasteiger partial charge in [0.2, 0.25) is 0 Å². The SMILES string of the molecule is CSN(C)c1cc(-c2ccn(C)n2)ccc1Nc1cc(Cl)nc2c1nc(C(F)F)n2PI. The Hall–Kier alpha value is -1.69.